The quantitative estimate of drug-likeness (QED) is 0.309. The molecule has 0 rings (SSSR count). The first-order valence-corrected chi connectivity index (χ1v) is 5.25. The molecule has 0 spiro atoms. The summed E-state index contributed by atoms with van der Waals surface area (Å²) in [5.41, 5.74) is 0. The van der Waals surface area contributed by atoms with E-state index in [0.717, 1.165) is 0 Å². The Bertz CT molecular complexity index is 217. The Kier molecular flexibility index (Phi) is 8.16. The van der Waals surface area contributed by atoms with Crippen LogP contribution in [0.15, 0.2) is 0 Å². The maximum absolute atomic E-state index is 9.60. The van der Waals surface area contributed by atoms with Gasteiger partial charge in [-0.3, -0.25) is 0 Å². The van der Waals surface area contributed by atoms with Crippen molar-refractivity contribution in [1.82, 2.24) is 5.32 Å². The third kappa shape index (κ3) is 5.45. The van der Waals surface area contributed by atoms with Gasteiger partial charge in [0, 0.05) is 7.11 Å². The third-order valence-corrected chi connectivity index (χ3v) is 2.44. The molecule has 0 bridgehead atoms. The number of terminal acetylenes is 1. The highest BCUT2D eigenvalue weighted by Gasteiger charge is 2.28. The number of rotatable bonds is 8. The number of aliphatic hydroxyl groups is 3. The van der Waals surface area contributed by atoms with Crippen LogP contribution in [0.4, 0.5) is 0 Å². The van der Waals surface area contributed by atoms with Gasteiger partial charge >= 0.3 is 0 Å². The molecule has 0 aromatic carbocycles. The largest absolute Gasteiger partial charge is 0.390 e. The third-order valence-electron chi connectivity index (χ3n) is 2.44. The predicted molar refractivity (Wildman–Crippen MR) is 60.8 cm³/mol. The molecule has 0 aromatic heterocycles. The maximum atomic E-state index is 9.60. The first kappa shape index (κ1) is 15.4. The van der Waals surface area contributed by atoms with Crippen molar-refractivity contribution in [2.75, 3.05) is 20.2 Å². The summed E-state index contributed by atoms with van der Waals surface area (Å²) in [6, 6.07) is 0. The molecule has 0 heterocycles. The van der Waals surface area contributed by atoms with Crippen molar-refractivity contribution in [2.45, 2.75) is 37.8 Å². The lowest BCUT2D eigenvalue weighted by Crippen LogP contribution is -2.44. The van der Waals surface area contributed by atoms with Gasteiger partial charge in [-0.25, -0.2) is 0 Å². The highest BCUT2D eigenvalue weighted by molar-refractivity contribution is 4.87. The summed E-state index contributed by atoms with van der Waals surface area (Å²) in [4.78, 5) is 0. The zero-order valence-corrected chi connectivity index (χ0v) is 9.76. The van der Waals surface area contributed by atoms with Crippen molar-refractivity contribution < 1.29 is 20.1 Å². The van der Waals surface area contributed by atoms with Gasteiger partial charge in [0.1, 0.15) is 12.2 Å². The lowest BCUT2D eigenvalue weighted by molar-refractivity contribution is -0.110. The molecule has 5 heteroatoms. The van der Waals surface area contributed by atoms with Crippen LogP contribution < -0.4 is 5.32 Å². The molecule has 94 valence electrons. The van der Waals surface area contributed by atoms with Crippen molar-refractivity contribution >= 4 is 0 Å². The van der Waals surface area contributed by atoms with E-state index in [1.54, 1.807) is 6.92 Å². The van der Waals surface area contributed by atoms with Crippen molar-refractivity contribution in [3.63, 3.8) is 0 Å². The molecule has 4 N–H and O–H groups in total. The summed E-state index contributed by atoms with van der Waals surface area (Å²) < 4.78 is 4.86. The molecule has 0 saturated carbocycles. The highest BCUT2D eigenvalue weighted by Crippen LogP contribution is 2.09. The fraction of sp³-hybridized carbons (Fsp3) is 0.818. The first-order valence-electron chi connectivity index (χ1n) is 5.25. The molecule has 0 amide bonds. The molecule has 3 unspecified atom stereocenters. The van der Waals surface area contributed by atoms with E-state index in [-0.39, 0.29) is 0 Å². The van der Waals surface area contributed by atoms with Gasteiger partial charge in [0.15, 0.2) is 0 Å². The van der Waals surface area contributed by atoms with Gasteiger partial charge in [0.05, 0.1) is 18.8 Å². The fourth-order valence-electron chi connectivity index (χ4n) is 1.23. The van der Waals surface area contributed by atoms with Crippen LogP contribution in [0.5, 0.6) is 0 Å². The summed E-state index contributed by atoms with van der Waals surface area (Å²) in [5.74, 6) is 2.40. The van der Waals surface area contributed by atoms with Crippen LogP contribution in [0, 0.1) is 12.3 Å². The van der Waals surface area contributed by atoms with Crippen molar-refractivity contribution in [3.05, 3.63) is 0 Å². The summed E-state index contributed by atoms with van der Waals surface area (Å²) >= 11 is 0. The molecule has 0 radical (unpaired) electrons. The topological polar surface area (TPSA) is 82.0 Å². The van der Waals surface area contributed by atoms with Gasteiger partial charge in [-0.05, 0) is 19.9 Å². The number of hydrogen-bond acceptors (Lipinski definition) is 5. The van der Waals surface area contributed by atoms with Gasteiger partial charge < -0.3 is 25.4 Å². The Balaban J connectivity index is 3.89. The normalized spacial score (nSPS) is 18.5. The second kappa shape index (κ2) is 8.50. The van der Waals surface area contributed by atoms with Gasteiger partial charge in [-0.1, -0.05) is 5.92 Å². The standard InChI is InChI=1S/C11H21NO4/c1-4-6-12-7-5-9(13)11(15)10(14)8(2)16-3/h1,8-15H,5-7H2,2-3H3/t8?,9-,10?,11?/m1/s1. The molecule has 0 aliphatic heterocycles. The molecule has 0 aliphatic rings. The molecule has 5 nitrogen and oxygen atoms in total. The van der Waals surface area contributed by atoms with E-state index in [1.807, 2.05) is 0 Å². The maximum Gasteiger partial charge on any atom is 0.108 e. The van der Waals surface area contributed by atoms with Crippen LogP contribution in [0.3, 0.4) is 0 Å². The van der Waals surface area contributed by atoms with E-state index in [2.05, 4.69) is 11.2 Å². The average molecular weight is 231 g/mol. The number of ether oxygens (including phenoxy) is 1. The zero-order chi connectivity index (χ0) is 12.6. The lowest BCUT2D eigenvalue weighted by Gasteiger charge is -2.26. The zero-order valence-electron chi connectivity index (χ0n) is 9.76. The summed E-state index contributed by atoms with van der Waals surface area (Å²) in [5, 5.41) is 31.6. The molecule has 0 aromatic rings. The van der Waals surface area contributed by atoms with Crippen LogP contribution in [-0.2, 0) is 4.74 Å². The second-order valence-corrected chi connectivity index (χ2v) is 3.66. The Labute approximate surface area is 96.4 Å². The highest BCUT2D eigenvalue weighted by atomic mass is 16.5. The van der Waals surface area contributed by atoms with E-state index in [0.29, 0.717) is 19.5 Å². The molecule has 0 aliphatic carbocycles. The Morgan fingerprint density at radius 3 is 2.44 bits per heavy atom. The van der Waals surface area contributed by atoms with Gasteiger partial charge in [0.25, 0.3) is 0 Å². The van der Waals surface area contributed by atoms with E-state index >= 15 is 0 Å². The molecule has 0 saturated heterocycles. The fourth-order valence-corrected chi connectivity index (χ4v) is 1.23. The van der Waals surface area contributed by atoms with E-state index in [4.69, 9.17) is 11.2 Å². The minimum atomic E-state index is -1.22. The van der Waals surface area contributed by atoms with Crippen molar-refractivity contribution in [3.8, 4) is 12.3 Å². The molecular formula is C11H21NO4. The second-order valence-electron chi connectivity index (χ2n) is 3.66. The SMILES string of the molecule is C#CCNCC[C@@H](O)C(O)C(O)C(C)OC. The summed E-state index contributed by atoms with van der Waals surface area (Å²) in [7, 11) is 1.43. The minimum Gasteiger partial charge on any atom is -0.390 e. The molecule has 0 fully saturated rings. The first-order chi connectivity index (χ1) is 7.54. The average Bonchev–Trinajstić information content (AvgIpc) is 2.31. The van der Waals surface area contributed by atoms with Crippen LogP contribution >= 0.6 is 0 Å². The van der Waals surface area contributed by atoms with Crippen molar-refractivity contribution in [2.24, 2.45) is 0 Å². The van der Waals surface area contributed by atoms with Crippen LogP contribution in [0.25, 0.3) is 0 Å². The summed E-state index contributed by atoms with van der Waals surface area (Å²) in [6.45, 7) is 2.52. The molecule has 4 atom stereocenters. The van der Waals surface area contributed by atoms with Crippen LogP contribution in [0.2, 0.25) is 0 Å². The minimum absolute atomic E-state index is 0.316. The van der Waals surface area contributed by atoms with E-state index < -0.39 is 24.4 Å². The number of methoxy groups -OCH3 is 1. The number of hydrogen-bond donors (Lipinski definition) is 4. The van der Waals surface area contributed by atoms with E-state index in [1.165, 1.54) is 7.11 Å². The molecule has 16 heavy (non-hydrogen) atoms. The van der Waals surface area contributed by atoms with E-state index in [9.17, 15) is 15.3 Å². The Morgan fingerprint density at radius 1 is 1.31 bits per heavy atom. The Hall–Kier alpha value is -0.640. The number of aliphatic hydroxyl groups excluding tert-OH is 3. The lowest BCUT2D eigenvalue weighted by atomic mass is 10.0. The summed E-state index contributed by atoms with van der Waals surface area (Å²) in [6.07, 6.45) is 1.50. The smallest absolute Gasteiger partial charge is 0.108 e. The monoisotopic (exact) mass is 231 g/mol. The number of nitrogens with one attached hydrogen (secondary N) is 1. The molecular weight excluding hydrogens is 210 g/mol. The van der Waals surface area contributed by atoms with Gasteiger partial charge in [-0.2, -0.15) is 0 Å². The van der Waals surface area contributed by atoms with Crippen LogP contribution in [-0.4, -0.2) is 59.9 Å². The Morgan fingerprint density at radius 2 is 1.94 bits per heavy atom. The van der Waals surface area contributed by atoms with Gasteiger partial charge in [-0.15, -0.1) is 6.42 Å². The predicted octanol–water partition coefficient (Wildman–Crippen LogP) is -1.28. The van der Waals surface area contributed by atoms with Crippen LogP contribution in [0.1, 0.15) is 13.3 Å². The van der Waals surface area contributed by atoms with Gasteiger partial charge in [0.2, 0.25) is 0 Å². The van der Waals surface area contributed by atoms with Crippen molar-refractivity contribution in [1.29, 1.82) is 0 Å².